The van der Waals surface area contributed by atoms with Gasteiger partial charge in [-0.05, 0) is 51.0 Å². The molecule has 1 N–H and O–H groups in total. The van der Waals surface area contributed by atoms with Gasteiger partial charge in [-0.1, -0.05) is 0 Å². The highest BCUT2D eigenvalue weighted by Crippen LogP contribution is 2.42. The maximum Gasteiger partial charge on any atom is 0.103 e. The van der Waals surface area contributed by atoms with Gasteiger partial charge in [-0.3, -0.25) is 4.68 Å². The molecule has 1 aliphatic carbocycles. The van der Waals surface area contributed by atoms with Crippen LogP contribution in [0.4, 0.5) is 0 Å². The van der Waals surface area contributed by atoms with Gasteiger partial charge in [0.1, 0.15) is 6.10 Å². The molecule has 0 radical (unpaired) electrons. The van der Waals surface area contributed by atoms with Crippen LogP contribution in [-0.4, -0.2) is 41.2 Å². The quantitative estimate of drug-likeness (QED) is 0.927. The fourth-order valence-electron chi connectivity index (χ4n) is 4.48. The SMILES string of the molecule is Cn1nccc1[C@@H]1OCCC[C@H]1CNC1CCOC2(CCC2)C1. The lowest BCUT2D eigenvalue weighted by Crippen LogP contribution is -2.51. The van der Waals surface area contributed by atoms with Crippen molar-refractivity contribution in [2.75, 3.05) is 19.8 Å². The lowest BCUT2D eigenvalue weighted by atomic mass is 9.74. The molecule has 23 heavy (non-hydrogen) atoms. The molecule has 4 rings (SSSR count). The molecule has 1 unspecified atom stereocenters. The minimum absolute atomic E-state index is 0.182. The average molecular weight is 319 g/mol. The van der Waals surface area contributed by atoms with E-state index in [1.165, 1.54) is 44.2 Å². The zero-order chi connectivity index (χ0) is 15.7. The van der Waals surface area contributed by atoms with Crippen LogP contribution in [0.2, 0.25) is 0 Å². The number of rotatable bonds is 4. The van der Waals surface area contributed by atoms with Crippen LogP contribution in [0.15, 0.2) is 12.3 Å². The highest BCUT2D eigenvalue weighted by atomic mass is 16.5. The van der Waals surface area contributed by atoms with E-state index < -0.39 is 0 Å². The van der Waals surface area contributed by atoms with E-state index in [2.05, 4.69) is 16.5 Å². The summed E-state index contributed by atoms with van der Waals surface area (Å²) in [4.78, 5) is 0. The highest BCUT2D eigenvalue weighted by molar-refractivity contribution is 5.07. The second-order valence-electron chi connectivity index (χ2n) is 7.56. The Labute approximate surface area is 138 Å². The number of hydrogen-bond donors (Lipinski definition) is 1. The van der Waals surface area contributed by atoms with E-state index in [0.717, 1.165) is 26.2 Å². The van der Waals surface area contributed by atoms with Crippen molar-refractivity contribution in [1.29, 1.82) is 0 Å². The first-order chi connectivity index (χ1) is 11.3. The Kier molecular flexibility index (Phi) is 4.43. The molecule has 3 fully saturated rings. The predicted molar refractivity (Wildman–Crippen MR) is 88.2 cm³/mol. The van der Waals surface area contributed by atoms with E-state index in [4.69, 9.17) is 9.47 Å². The third-order valence-corrected chi connectivity index (χ3v) is 6.02. The molecule has 3 heterocycles. The normalized spacial score (nSPS) is 33.5. The number of aromatic nitrogens is 2. The Hall–Kier alpha value is -0.910. The minimum Gasteiger partial charge on any atom is -0.375 e. The lowest BCUT2D eigenvalue weighted by Gasteiger charge is -2.47. The second kappa shape index (κ2) is 6.54. The highest BCUT2D eigenvalue weighted by Gasteiger charge is 2.42. The van der Waals surface area contributed by atoms with Crippen molar-refractivity contribution in [2.45, 2.75) is 62.7 Å². The number of nitrogens with one attached hydrogen (secondary N) is 1. The standard InChI is InChI=1S/C18H29N3O2/c1-21-16(5-9-20-21)17-14(4-2-10-22-17)13-19-15-6-11-23-18(12-15)7-3-8-18/h5,9,14-15,17,19H,2-4,6-8,10-13H2,1H3/t14-,15?,17+/m0/s1. The van der Waals surface area contributed by atoms with Crippen LogP contribution in [0.25, 0.3) is 0 Å². The van der Waals surface area contributed by atoms with Crippen LogP contribution in [0.5, 0.6) is 0 Å². The van der Waals surface area contributed by atoms with E-state index in [-0.39, 0.29) is 11.7 Å². The van der Waals surface area contributed by atoms with E-state index in [9.17, 15) is 0 Å². The number of ether oxygens (including phenoxy) is 2. The van der Waals surface area contributed by atoms with Gasteiger partial charge < -0.3 is 14.8 Å². The van der Waals surface area contributed by atoms with Gasteiger partial charge in [-0.25, -0.2) is 0 Å². The fraction of sp³-hybridized carbons (Fsp3) is 0.833. The van der Waals surface area contributed by atoms with Crippen LogP contribution in [0, 0.1) is 5.92 Å². The lowest BCUT2D eigenvalue weighted by molar-refractivity contribution is -0.136. The van der Waals surface area contributed by atoms with E-state index >= 15 is 0 Å². The first kappa shape index (κ1) is 15.6. The van der Waals surface area contributed by atoms with Crippen LogP contribution >= 0.6 is 0 Å². The smallest absolute Gasteiger partial charge is 0.103 e. The van der Waals surface area contributed by atoms with Crippen LogP contribution < -0.4 is 5.32 Å². The summed E-state index contributed by atoms with van der Waals surface area (Å²) in [5, 5.41) is 8.15. The van der Waals surface area contributed by atoms with Gasteiger partial charge in [0, 0.05) is 45.0 Å². The number of aryl methyl sites for hydroxylation is 1. The van der Waals surface area contributed by atoms with Gasteiger partial charge in [0.25, 0.3) is 0 Å². The molecule has 1 saturated carbocycles. The zero-order valence-electron chi connectivity index (χ0n) is 14.2. The molecule has 3 atom stereocenters. The first-order valence-electron chi connectivity index (χ1n) is 9.23. The molecule has 5 heteroatoms. The molecule has 0 bridgehead atoms. The molecule has 1 spiro atoms. The largest absolute Gasteiger partial charge is 0.375 e. The molecular formula is C18H29N3O2. The molecule has 5 nitrogen and oxygen atoms in total. The summed E-state index contributed by atoms with van der Waals surface area (Å²) in [6.07, 6.45) is 10.6. The van der Waals surface area contributed by atoms with Gasteiger partial charge >= 0.3 is 0 Å². The molecule has 2 aliphatic heterocycles. The monoisotopic (exact) mass is 319 g/mol. The summed E-state index contributed by atoms with van der Waals surface area (Å²) in [6.45, 7) is 2.83. The van der Waals surface area contributed by atoms with Crippen molar-refractivity contribution in [3.05, 3.63) is 18.0 Å². The molecule has 1 aromatic rings. The van der Waals surface area contributed by atoms with Gasteiger partial charge in [-0.2, -0.15) is 5.10 Å². The maximum absolute atomic E-state index is 6.10. The second-order valence-corrected chi connectivity index (χ2v) is 7.56. The Bertz CT molecular complexity index is 526. The van der Waals surface area contributed by atoms with Gasteiger partial charge in [0.05, 0.1) is 11.3 Å². The summed E-state index contributed by atoms with van der Waals surface area (Å²) in [5.74, 6) is 0.541. The molecule has 128 valence electrons. The Morgan fingerprint density at radius 3 is 2.96 bits per heavy atom. The molecular weight excluding hydrogens is 290 g/mol. The van der Waals surface area contributed by atoms with Gasteiger partial charge in [0.15, 0.2) is 0 Å². The summed E-state index contributed by atoms with van der Waals surface area (Å²) in [5.41, 5.74) is 1.43. The third kappa shape index (κ3) is 3.19. The number of hydrogen-bond acceptors (Lipinski definition) is 4. The van der Waals surface area contributed by atoms with Crippen molar-refractivity contribution in [2.24, 2.45) is 13.0 Å². The zero-order valence-corrected chi connectivity index (χ0v) is 14.2. The summed E-state index contributed by atoms with van der Waals surface area (Å²) in [6, 6.07) is 2.71. The van der Waals surface area contributed by atoms with Crippen molar-refractivity contribution < 1.29 is 9.47 Å². The van der Waals surface area contributed by atoms with Crippen molar-refractivity contribution in [3.63, 3.8) is 0 Å². The number of nitrogens with zero attached hydrogens (tertiary/aromatic N) is 2. The Morgan fingerprint density at radius 1 is 1.30 bits per heavy atom. The van der Waals surface area contributed by atoms with Crippen molar-refractivity contribution in [3.8, 4) is 0 Å². The average Bonchev–Trinajstić information content (AvgIpc) is 2.98. The van der Waals surface area contributed by atoms with E-state index in [0.29, 0.717) is 12.0 Å². The predicted octanol–water partition coefficient (Wildman–Crippen LogP) is 2.58. The molecule has 2 saturated heterocycles. The molecule has 3 aliphatic rings. The van der Waals surface area contributed by atoms with Crippen LogP contribution in [0.1, 0.15) is 56.7 Å². The van der Waals surface area contributed by atoms with E-state index in [1.807, 2.05) is 17.9 Å². The van der Waals surface area contributed by atoms with Crippen LogP contribution in [-0.2, 0) is 16.5 Å². The fourth-order valence-corrected chi connectivity index (χ4v) is 4.48. The van der Waals surface area contributed by atoms with Crippen molar-refractivity contribution >= 4 is 0 Å². The van der Waals surface area contributed by atoms with Gasteiger partial charge in [-0.15, -0.1) is 0 Å². The molecule has 1 aromatic heterocycles. The maximum atomic E-state index is 6.10. The molecule has 0 aromatic carbocycles. The first-order valence-corrected chi connectivity index (χ1v) is 9.23. The van der Waals surface area contributed by atoms with Gasteiger partial charge in [0.2, 0.25) is 0 Å². The Balaban J connectivity index is 1.36. The summed E-state index contributed by atoms with van der Waals surface area (Å²) < 4.78 is 14.1. The Morgan fingerprint density at radius 2 is 2.22 bits per heavy atom. The van der Waals surface area contributed by atoms with Crippen molar-refractivity contribution in [1.82, 2.24) is 15.1 Å². The summed E-state index contributed by atoms with van der Waals surface area (Å²) >= 11 is 0. The van der Waals surface area contributed by atoms with E-state index in [1.54, 1.807) is 0 Å². The summed E-state index contributed by atoms with van der Waals surface area (Å²) in [7, 11) is 2.01. The van der Waals surface area contributed by atoms with Crippen LogP contribution in [0.3, 0.4) is 0 Å². The minimum atomic E-state index is 0.182. The topological polar surface area (TPSA) is 48.3 Å². The third-order valence-electron chi connectivity index (χ3n) is 6.02. The molecule has 0 amide bonds.